The zero-order valence-electron chi connectivity index (χ0n) is 12.8. The van der Waals surface area contributed by atoms with Crippen molar-refractivity contribution >= 4 is 28.7 Å². The van der Waals surface area contributed by atoms with Crippen LogP contribution >= 0.6 is 12.2 Å². The van der Waals surface area contributed by atoms with Crippen molar-refractivity contribution in [3.05, 3.63) is 53.6 Å². The molecule has 0 aliphatic rings. The molecular formula is C16H13F5N2OS. The fourth-order valence-electron chi connectivity index (χ4n) is 2.01. The Bertz CT molecular complexity index is 764. The molecule has 0 saturated carbocycles. The van der Waals surface area contributed by atoms with E-state index in [4.69, 9.17) is 12.2 Å². The highest BCUT2D eigenvalue weighted by atomic mass is 32.1. The fourth-order valence-corrected chi connectivity index (χ4v) is 2.24. The first-order valence-electron chi connectivity index (χ1n) is 6.96. The van der Waals surface area contributed by atoms with E-state index < -0.39 is 18.4 Å². The van der Waals surface area contributed by atoms with Gasteiger partial charge in [-0.1, -0.05) is 6.07 Å². The maximum absolute atomic E-state index is 12.7. The van der Waals surface area contributed by atoms with E-state index >= 15 is 0 Å². The number of thiocarbonyl (C=S) groups is 1. The largest absolute Gasteiger partial charge is 0.435 e. The lowest BCUT2D eigenvalue weighted by Crippen LogP contribution is -2.20. The van der Waals surface area contributed by atoms with Crippen molar-refractivity contribution in [3.63, 3.8) is 0 Å². The van der Waals surface area contributed by atoms with E-state index in [1.807, 2.05) is 0 Å². The molecule has 25 heavy (non-hydrogen) atoms. The number of halogens is 5. The SMILES string of the molecule is Cc1cc(OC(F)F)ccc1NC(=S)Nc1cccc(C(F)(F)F)c1. The van der Waals surface area contributed by atoms with Gasteiger partial charge in [0.1, 0.15) is 5.75 Å². The second-order valence-electron chi connectivity index (χ2n) is 5.01. The normalized spacial score (nSPS) is 11.3. The van der Waals surface area contributed by atoms with Gasteiger partial charge in [-0.2, -0.15) is 22.0 Å². The molecule has 9 heteroatoms. The van der Waals surface area contributed by atoms with Crippen molar-refractivity contribution < 1.29 is 26.7 Å². The molecule has 0 fully saturated rings. The standard InChI is InChI=1S/C16H13F5N2OS/c1-9-7-12(24-14(17)18)5-6-13(9)23-15(25)22-11-4-2-3-10(8-11)16(19,20)21/h2-8,14H,1H3,(H2,22,23,25). The lowest BCUT2D eigenvalue weighted by atomic mass is 10.2. The number of hydrogen-bond acceptors (Lipinski definition) is 2. The third-order valence-electron chi connectivity index (χ3n) is 3.12. The lowest BCUT2D eigenvalue weighted by molar-refractivity contribution is -0.137. The van der Waals surface area contributed by atoms with Gasteiger partial charge < -0.3 is 15.4 Å². The molecule has 0 saturated heterocycles. The number of anilines is 2. The van der Waals surface area contributed by atoms with E-state index in [0.29, 0.717) is 11.3 Å². The highest BCUT2D eigenvalue weighted by molar-refractivity contribution is 7.80. The first kappa shape index (κ1) is 18.9. The van der Waals surface area contributed by atoms with Crippen molar-refractivity contribution in [2.45, 2.75) is 19.7 Å². The molecule has 2 rings (SSSR count). The summed E-state index contributed by atoms with van der Waals surface area (Å²) >= 11 is 5.06. The molecule has 0 aliphatic heterocycles. The van der Waals surface area contributed by atoms with Gasteiger partial charge in [-0.25, -0.2) is 0 Å². The molecule has 3 nitrogen and oxygen atoms in total. The third kappa shape index (κ3) is 5.56. The Labute approximate surface area is 145 Å². The molecule has 0 heterocycles. The molecule has 2 aromatic carbocycles. The predicted molar refractivity (Wildman–Crippen MR) is 89.1 cm³/mol. The lowest BCUT2D eigenvalue weighted by Gasteiger charge is -2.15. The maximum atomic E-state index is 12.7. The molecule has 0 atom stereocenters. The Kier molecular flexibility index (Phi) is 5.78. The second-order valence-corrected chi connectivity index (χ2v) is 5.42. The van der Waals surface area contributed by atoms with Crippen molar-refractivity contribution in [3.8, 4) is 5.75 Å². The Balaban J connectivity index is 2.05. The molecule has 2 N–H and O–H groups in total. The third-order valence-corrected chi connectivity index (χ3v) is 3.32. The summed E-state index contributed by atoms with van der Waals surface area (Å²) < 4.78 is 66.7. The number of alkyl halides is 5. The molecule has 0 radical (unpaired) electrons. The quantitative estimate of drug-likeness (QED) is 0.551. The molecule has 0 bridgehead atoms. The summed E-state index contributed by atoms with van der Waals surface area (Å²) in [5.41, 5.74) is 0.449. The van der Waals surface area contributed by atoms with Gasteiger partial charge >= 0.3 is 12.8 Å². The first-order valence-corrected chi connectivity index (χ1v) is 7.36. The van der Waals surface area contributed by atoms with Gasteiger partial charge in [0.05, 0.1) is 5.56 Å². The van der Waals surface area contributed by atoms with Crippen molar-refractivity contribution in [2.75, 3.05) is 10.6 Å². The van der Waals surface area contributed by atoms with Crippen LogP contribution < -0.4 is 15.4 Å². The van der Waals surface area contributed by atoms with Gasteiger partial charge in [-0.15, -0.1) is 0 Å². The zero-order valence-corrected chi connectivity index (χ0v) is 13.6. The predicted octanol–water partition coefficient (Wildman–Crippen LogP) is 5.42. The molecule has 0 spiro atoms. The van der Waals surface area contributed by atoms with Gasteiger partial charge in [0.15, 0.2) is 5.11 Å². The molecule has 2 aromatic rings. The summed E-state index contributed by atoms with van der Waals surface area (Å²) in [4.78, 5) is 0. The van der Waals surface area contributed by atoms with E-state index in [9.17, 15) is 22.0 Å². The van der Waals surface area contributed by atoms with Gasteiger partial charge in [-0.05, 0) is 61.1 Å². The number of nitrogens with one attached hydrogen (secondary N) is 2. The van der Waals surface area contributed by atoms with Gasteiger partial charge in [0.2, 0.25) is 0 Å². The zero-order chi connectivity index (χ0) is 18.6. The summed E-state index contributed by atoms with van der Waals surface area (Å²) in [6.45, 7) is -1.28. The van der Waals surface area contributed by atoms with E-state index in [0.717, 1.165) is 12.1 Å². The maximum Gasteiger partial charge on any atom is 0.416 e. The van der Waals surface area contributed by atoms with Crippen LogP contribution in [-0.4, -0.2) is 11.7 Å². The van der Waals surface area contributed by atoms with Crippen LogP contribution in [0.5, 0.6) is 5.75 Å². The van der Waals surface area contributed by atoms with Crippen molar-refractivity contribution in [1.82, 2.24) is 0 Å². The first-order chi connectivity index (χ1) is 11.6. The van der Waals surface area contributed by atoms with E-state index in [2.05, 4.69) is 15.4 Å². The molecule has 0 unspecified atom stereocenters. The number of benzene rings is 2. The number of aryl methyl sites for hydroxylation is 1. The van der Waals surface area contributed by atoms with Crippen LogP contribution in [-0.2, 0) is 6.18 Å². The minimum absolute atomic E-state index is 0.00481. The number of rotatable bonds is 4. The second kappa shape index (κ2) is 7.64. The average Bonchev–Trinajstić information content (AvgIpc) is 2.49. The summed E-state index contributed by atoms with van der Waals surface area (Å²) in [5, 5.41) is 5.50. The summed E-state index contributed by atoms with van der Waals surface area (Å²) in [6, 6.07) is 8.78. The molecule has 0 amide bonds. The summed E-state index contributed by atoms with van der Waals surface area (Å²) in [5.74, 6) is -0.00481. The minimum atomic E-state index is -4.45. The van der Waals surface area contributed by atoms with E-state index in [1.54, 1.807) is 6.92 Å². The summed E-state index contributed by atoms with van der Waals surface area (Å²) in [6.07, 6.45) is -4.45. The monoisotopic (exact) mass is 376 g/mol. The van der Waals surface area contributed by atoms with Crippen molar-refractivity contribution in [1.29, 1.82) is 0 Å². The average molecular weight is 376 g/mol. The van der Waals surface area contributed by atoms with E-state index in [1.165, 1.54) is 30.3 Å². The smallest absolute Gasteiger partial charge is 0.416 e. The highest BCUT2D eigenvalue weighted by Gasteiger charge is 2.30. The molecule has 0 aliphatic carbocycles. The van der Waals surface area contributed by atoms with Crippen LogP contribution in [0.4, 0.5) is 33.3 Å². The van der Waals surface area contributed by atoms with Crippen LogP contribution in [0.1, 0.15) is 11.1 Å². The summed E-state index contributed by atoms with van der Waals surface area (Å²) in [7, 11) is 0. The topological polar surface area (TPSA) is 33.3 Å². The Hall–Kier alpha value is -2.42. The fraction of sp³-hybridized carbons (Fsp3) is 0.188. The Morgan fingerprint density at radius 3 is 2.40 bits per heavy atom. The van der Waals surface area contributed by atoms with Gasteiger partial charge in [0, 0.05) is 11.4 Å². The highest BCUT2D eigenvalue weighted by Crippen LogP contribution is 2.30. The Morgan fingerprint density at radius 2 is 1.80 bits per heavy atom. The molecule has 134 valence electrons. The van der Waals surface area contributed by atoms with Crippen LogP contribution in [0.3, 0.4) is 0 Å². The number of hydrogen-bond donors (Lipinski definition) is 2. The molecular weight excluding hydrogens is 363 g/mol. The van der Waals surface area contributed by atoms with E-state index in [-0.39, 0.29) is 16.5 Å². The van der Waals surface area contributed by atoms with Crippen LogP contribution in [0, 0.1) is 6.92 Å². The van der Waals surface area contributed by atoms with Crippen LogP contribution in [0.25, 0.3) is 0 Å². The van der Waals surface area contributed by atoms with Crippen molar-refractivity contribution in [2.24, 2.45) is 0 Å². The Morgan fingerprint density at radius 1 is 1.08 bits per heavy atom. The van der Waals surface area contributed by atoms with Crippen LogP contribution in [0.15, 0.2) is 42.5 Å². The van der Waals surface area contributed by atoms with Crippen LogP contribution in [0.2, 0.25) is 0 Å². The molecule has 0 aromatic heterocycles. The van der Waals surface area contributed by atoms with Gasteiger partial charge in [-0.3, -0.25) is 0 Å². The minimum Gasteiger partial charge on any atom is -0.435 e. The number of ether oxygens (including phenoxy) is 1. The van der Waals surface area contributed by atoms with Gasteiger partial charge in [0.25, 0.3) is 0 Å².